The minimum atomic E-state index is 0.553. The lowest BCUT2D eigenvalue weighted by molar-refractivity contribution is 0.585. The molecule has 0 saturated carbocycles. The molecule has 1 nitrogen and oxygen atoms in total. The van der Waals surface area contributed by atoms with Gasteiger partial charge in [0, 0.05) is 15.9 Å². The number of benzene rings is 2. The van der Waals surface area contributed by atoms with Gasteiger partial charge in [0.1, 0.15) is 0 Å². The summed E-state index contributed by atoms with van der Waals surface area (Å²) in [5.41, 5.74) is 1.41. The number of thioether (sulfide) groups is 1. The molecule has 2 aromatic carbocycles. The first-order valence-electron chi connectivity index (χ1n) is 7.44. The van der Waals surface area contributed by atoms with E-state index in [4.69, 9.17) is 0 Å². The Hall–Kier alpha value is -0.770. The Labute approximate surface area is 140 Å². The van der Waals surface area contributed by atoms with Crippen molar-refractivity contribution in [3.63, 3.8) is 0 Å². The maximum atomic E-state index is 3.69. The highest BCUT2D eigenvalue weighted by molar-refractivity contribution is 9.10. The van der Waals surface area contributed by atoms with Crippen LogP contribution in [0, 0.1) is 0 Å². The number of rotatable bonds is 8. The van der Waals surface area contributed by atoms with Crippen molar-refractivity contribution in [3.8, 4) is 0 Å². The highest BCUT2D eigenvalue weighted by Gasteiger charge is 2.13. The monoisotopic (exact) mass is 363 g/mol. The van der Waals surface area contributed by atoms with E-state index in [0.717, 1.165) is 18.8 Å². The molecule has 2 aromatic rings. The van der Waals surface area contributed by atoms with Gasteiger partial charge in [0.15, 0.2) is 0 Å². The second-order valence-electron chi connectivity index (χ2n) is 4.98. The Bertz CT molecular complexity index is 530. The molecule has 0 bridgehead atoms. The highest BCUT2D eigenvalue weighted by Crippen LogP contribution is 2.29. The van der Waals surface area contributed by atoms with Crippen LogP contribution in [0.25, 0.3) is 0 Å². The van der Waals surface area contributed by atoms with Gasteiger partial charge >= 0.3 is 0 Å². The first-order valence-corrected chi connectivity index (χ1v) is 9.22. The summed E-state index contributed by atoms with van der Waals surface area (Å²) in [6.07, 6.45) is 1.18. The fourth-order valence-corrected chi connectivity index (χ4v) is 3.92. The van der Waals surface area contributed by atoms with Crippen molar-refractivity contribution in [2.24, 2.45) is 0 Å². The largest absolute Gasteiger partial charge is 0.316 e. The molecule has 112 valence electrons. The Kier molecular flexibility index (Phi) is 7.34. The fraction of sp³-hybridized carbons (Fsp3) is 0.333. The van der Waals surface area contributed by atoms with Gasteiger partial charge < -0.3 is 5.32 Å². The van der Waals surface area contributed by atoms with Crippen molar-refractivity contribution in [1.29, 1.82) is 0 Å². The van der Waals surface area contributed by atoms with Crippen LogP contribution in [0.2, 0.25) is 0 Å². The molecule has 1 N–H and O–H groups in total. The van der Waals surface area contributed by atoms with Gasteiger partial charge in [0.05, 0.1) is 0 Å². The lowest BCUT2D eigenvalue weighted by Crippen LogP contribution is -2.22. The molecular weight excluding hydrogens is 342 g/mol. The molecule has 0 aliphatic rings. The molecule has 21 heavy (non-hydrogen) atoms. The summed E-state index contributed by atoms with van der Waals surface area (Å²) in [5.74, 6) is 1.69. The van der Waals surface area contributed by atoms with Crippen LogP contribution < -0.4 is 5.32 Å². The normalized spacial score (nSPS) is 12.3. The second-order valence-corrected chi connectivity index (χ2v) is 7.00. The average Bonchev–Trinajstić information content (AvgIpc) is 2.52. The van der Waals surface area contributed by atoms with Gasteiger partial charge in [-0.1, -0.05) is 59.3 Å². The SMILES string of the molecule is CCNCC(CCSc1ccccc1)c1ccccc1Br. The van der Waals surface area contributed by atoms with E-state index in [1.807, 2.05) is 11.8 Å². The maximum absolute atomic E-state index is 3.69. The smallest absolute Gasteiger partial charge is 0.0210 e. The number of likely N-dealkylation sites (N-methyl/N-ethyl adjacent to an activating group) is 1. The predicted octanol–water partition coefficient (Wildman–Crippen LogP) is 5.32. The van der Waals surface area contributed by atoms with Gasteiger partial charge in [-0.05, 0) is 48.4 Å². The molecular formula is C18H22BrNS. The number of hydrogen-bond donors (Lipinski definition) is 1. The Morgan fingerprint density at radius 2 is 1.76 bits per heavy atom. The molecule has 2 rings (SSSR count). The fourth-order valence-electron chi connectivity index (χ4n) is 2.33. The molecule has 0 aliphatic heterocycles. The molecule has 0 radical (unpaired) electrons. The van der Waals surface area contributed by atoms with Crippen molar-refractivity contribution in [3.05, 3.63) is 64.6 Å². The Morgan fingerprint density at radius 1 is 1.05 bits per heavy atom. The molecule has 1 atom stereocenters. The van der Waals surface area contributed by atoms with Crippen LogP contribution in [0.3, 0.4) is 0 Å². The molecule has 0 saturated heterocycles. The van der Waals surface area contributed by atoms with Crippen molar-refractivity contribution >= 4 is 27.7 Å². The molecule has 0 aromatic heterocycles. The quantitative estimate of drug-likeness (QED) is 0.636. The van der Waals surface area contributed by atoms with E-state index in [1.54, 1.807) is 0 Å². The summed E-state index contributed by atoms with van der Waals surface area (Å²) in [5, 5.41) is 3.49. The topological polar surface area (TPSA) is 12.0 Å². The lowest BCUT2D eigenvalue weighted by Gasteiger charge is -2.19. The summed E-state index contributed by atoms with van der Waals surface area (Å²) < 4.78 is 1.22. The Balaban J connectivity index is 1.95. The van der Waals surface area contributed by atoms with E-state index in [0.29, 0.717) is 5.92 Å². The first-order chi connectivity index (χ1) is 10.3. The first kappa shape index (κ1) is 16.6. The zero-order valence-electron chi connectivity index (χ0n) is 12.4. The van der Waals surface area contributed by atoms with Crippen LogP contribution in [-0.2, 0) is 0 Å². The third kappa shape index (κ3) is 5.50. The maximum Gasteiger partial charge on any atom is 0.0210 e. The van der Waals surface area contributed by atoms with Gasteiger partial charge in [-0.15, -0.1) is 11.8 Å². The molecule has 0 fully saturated rings. The average molecular weight is 364 g/mol. The van der Waals surface area contributed by atoms with E-state index in [1.165, 1.54) is 21.4 Å². The molecule has 0 spiro atoms. The molecule has 0 heterocycles. The van der Waals surface area contributed by atoms with Crippen molar-refractivity contribution < 1.29 is 0 Å². The van der Waals surface area contributed by atoms with Gasteiger partial charge in [-0.3, -0.25) is 0 Å². The number of nitrogens with one attached hydrogen (secondary N) is 1. The Morgan fingerprint density at radius 3 is 2.48 bits per heavy atom. The van der Waals surface area contributed by atoms with E-state index in [2.05, 4.69) is 82.8 Å². The molecule has 1 unspecified atom stereocenters. The van der Waals surface area contributed by atoms with E-state index in [9.17, 15) is 0 Å². The van der Waals surface area contributed by atoms with Crippen LogP contribution in [0.4, 0.5) is 0 Å². The minimum absolute atomic E-state index is 0.553. The number of halogens is 1. The summed E-state index contributed by atoms with van der Waals surface area (Å²) in [4.78, 5) is 1.35. The zero-order chi connectivity index (χ0) is 14.9. The third-order valence-corrected chi connectivity index (χ3v) is 5.23. The molecule has 3 heteroatoms. The predicted molar refractivity (Wildman–Crippen MR) is 97.2 cm³/mol. The van der Waals surface area contributed by atoms with E-state index < -0.39 is 0 Å². The molecule has 0 amide bonds. The highest BCUT2D eigenvalue weighted by atomic mass is 79.9. The van der Waals surface area contributed by atoms with Crippen LogP contribution in [0.1, 0.15) is 24.8 Å². The van der Waals surface area contributed by atoms with Crippen molar-refractivity contribution in [2.75, 3.05) is 18.8 Å². The minimum Gasteiger partial charge on any atom is -0.316 e. The van der Waals surface area contributed by atoms with Crippen LogP contribution in [0.15, 0.2) is 64.0 Å². The zero-order valence-corrected chi connectivity index (χ0v) is 14.8. The summed E-state index contributed by atoms with van der Waals surface area (Å²) in [6.45, 7) is 4.22. The van der Waals surface area contributed by atoms with Gasteiger partial charge in [0.25, 0.3) is 0 Å². The van der Waals surface area contributed by atoms with Crippen molar-refractivity contribution in [2.45, 2.75) is 24.2 Å². The van der Waals surface area contributed by atoms with Crippen molar-refractivity contribution in [1.82, 2.24) is 5.32 Å². The summed E-state index contributed by atoms with van der Waals surface area (Å²) in [6, 6.07) is 19.2. The van der Waals surface area contributed by atoms with E-state index >= 15 is 0 Å². The van der Waals surface area contributed by atoms with Gasteiger partial charge in [-0.2, -0.15) is 0 Å². The number of hydrogen-bond acceptors (Lipinski definition) is 2. The van der Waals surface area contributed by atoms with Crippen LogP contribution >= 0.6 is 27.7 Å². The third-order valence-electron chi connectivity index (χ3n) is 3.46. The standard InChI is InChI=1S/C18H22BrNS/c1-2-20-14-15(17-10-6-7-11-18(17)19)12-13-21-16-8-4-3-5-9-16/h3-11,15,20H,2,12-14H2,1H3. The van der Waals surface area contributed by atoms with Gasteiger partial charge in [0.2, 0.25) is 0 Å². The van der Waals surface area contributed by atoms with Gasteiger partial charge in [-0.25, -0.2) is 0 Å². The lowest BCUT2D eigenvalue weighted by atomic mass is 9.96. The van der Waals surface area contributed by atoms with Crippen LogP contribution in [0.5, 0.6) is 0 Å². The van der Waals surface area contributed by atoms with Crippen LogP contribution in [-0.4, -0.2) is 18.8 Å². The molecule has 0 aliphatic carbocycles. The second kappa shape index (κ2) is 9.29. The summed E-state index contributed by atoms with van der Waals surface area (Å²) in [7, 11) is 0. The van der Waals surface area contributed by atoms with E-state index in [-0.39, 0.29) is 0 Å². The summed E-state index contributed by atoms with van der Waals surface area (Å²) >= 11 is 5.63.